The van der Waals surface area contributed by atoms with E-state index in [4.69, 9.17) is 4.74 Å². The lowest BCUT2D eigenvalue weighted by atomic mass is 10.2. The zero-order chi connectivity index (χ0) is 12.3. The Morgan fingerprint density at radius 2 is 2.06 bits per heavy atom. The summed E-state index contributed by atoms with van der Waals surface area (Å²) >= 11 is 0. The molecular weight excluding hydrogens is 227 g/mol. The van der Waals surface area contributed by atoms with Gasteiger partial charge in [0.1, 0.15) is 5.69 Å². The summed E-state index contributed by atoms with van der Waals surface area (Å²) in [4.78, 5) is 14.1. The van der Waals surface area contributed by atoms with Crippen molar-refractivity contribution in [1.82, 2.24) is 4.98 Å². The van der Waals surface area contributed by atoms with Crippen LogP contribution in [0, 0.1) is 6.92 Å². The number of carbonyl (C=O) groups is 1. The monoisotopic (exact) mass is 235 g/mol. The molecule has 1 aromatic heterocycles. The van der Waals surface area contributed by atoms with Crippen LogP contribution in [0.25, 0.3) is 0 Å². The van der Waals surface area contributed by atoms with Gasteiger partial charge in [0.25, 0.3) is 0 Å². The largest absolute Gasteiger partial charge is 0.573 e. The molecule has 4 nitrogen and oxygen atoms in total. The molecule has 0 fully saturated rings. The van der Waals surface area contributed by atoms with Crippen molar-refractivity contribution in [2.45, 2.75) is 13.3 Å². The third-order valence-corrected chi connectivity index (χ3v) is 1.69. The van der Waals surface area contributed by atoms with Crippen molar-refractivity contribution < 1.29 is 27.4 Å². The second-order valence-corrected chi connectivity index (χ2v) is 2.83. The number of rotatable bonds is 3. The summed E-state index contributed by atoms with van der Waals surface area (Å²) in [5, 5.41) is 0. The lowest BCUT2D eigenvalue weighted by Gasteiger charge is -2.14. The molecule has 0 aliphatic rings. The van der Waals surface area contributed by atoms with Gasteiger partial charge in [-0.25, -0.2) is 4.98 Å². The first-order valence-corrected chi connectivity index (χ1v) is 4.14. The van der Waals surface area contributed by atoms with E-state index in [1.807, 2.05) is 0 Å². The molecule has 0 amide bonds. The maximum Gasteiger partial charge on any atom is 0.573 e. The molecule has 16 heavy (non-hydrogen) atoms. The van der Waals surface area contributed by atoms with E-state index in [1.165, 1.54) is 14.0 Å². The number of aryl methyl sites for hydroxylation is 1. The average molecular weight is 235 g/mol. The van der Waals surface area contributed by atoms with Gasteiger partial charge in [-0.2, -0.15) is 0 Å². The number of pyridine rings is 1. The highest BCUT2D eigenvalue weighted by molar-refractivity contribution is 5.73. The maximum absolute atomic E-state index is 12.0. The molecule has 0 aromatic carbocycles. The summed E-state index contributed by atoms with van der Waals surface area (Å²) in [7, 11) is 1.17. The fourth-order valence-electron chi connectivity index (χ4n) is 1.11. The molecule has 0 atom stereocenters. The highest BCUT2D eigenvalue weighted by Gasteiger charge is 2.33. The number of carbonyl (C=O) groups excluding carboxylic acids is 1. The number of alkyl halides is 3. The molecule has 1 heterocycles. The van der Waals surface area contributed by atoms with Crippen LogP contribution in [0.2, 0.25) is 0 Å². The van der Waals surface area contributed by atoms with Gasteiger partial charge in [-0.15, -0.1) is 13.2 Å². The molecule has 1 aromatic rings. The lowest BCUT2D eigenvalue weighted by Crippen LogP contribution is -2.19. The number of halogens is 3. The number of methoxy groups -OCH3 is 1. The van der Waals surface area contributed by atoms with Crippen molar-refractivity contribution in [2.75, 3.05) is 7.11 Å². The van der Waals surface area contributed by atoms with Crippen LogP contribution in [0.15, 0.2) is 6.07 Å². The Labute approximate surface area is 89.0 Å². The molecule has 0 N–H and O–H groups in total. The second-order valence-electron chi connectivity index (χ2n) is 2.83. The molecule has 0 unspecified atom stereocenters. The molecule has 0 radical (unpaired) electrons. The lowest BCUT2D eigenvalue weighted by molar-refractivity contribution is -0.275. The van der Waals surface area contributed by atoms with Crippen LogP contribution in [0.5, 0.6) is 11.5 Å². The minimum Gasteiger partial charge on any atom is -0.493 e. The predicted molar refractivity (Wildman–Crippen MR) is 47.6 cm³/mol. The van der Waals surface area contributed by atoms with Crippen LogP contribution < -0.4 is 9.47 Å². The Hall–Kier alpha value is -1.79. The van der Waals surface area contributed by atoms with Crippen LogP contribution in [0.1, 0.15) is 16.2 Å². The van der Waals surface area contributed by atoms with E-state index in [-0.39, 0.29) is 17.1 Å². The SMILES string of the molecule is COc1cc(C=O)nc(C)c1OC(F)(F)F. The predicted octanol–water partition coefficient (Wildman–Crippen LogP) is 2.11. The number of aromatic nitrogens is 1. The highest BCUT2D eigenvalue weighted by atomic mass is 19.4. The zero-order valence-electron chi connectivity index (χ0n) is 8.46. The quantitative estimate of drug-likeness (QED) is 0.753. The average Bonchev–Trinajstić information content (AvgIpc) is 2.19. The summed E-state index contributed by atoms with van der Waals surface area (Å²) in [5.74, 6) is -0.729. The molecule has 88 valence electrons. The van der Waals surface area contributed by atoms with Crippen LogP contribution in [-0.2, 0) is 0 Å². The molecule has 0 bridgehead atoms. The van der Waals surface area contributed by atoms with Crippen LogP contribution in [0.3, 0.4) is 0 Å². The Morgan fingerprint density at radius 1 is 1.44 bits per heavy atom. The van der Waals surface area contributed by atoms with Gasteiger partial charge in [0.15, 0.2) is 17.8 Å². The normalized spacial score (nSPS) is 11.1. The van der Waals surface area contributed by atoms with Crippen LogP contribution >= 0.6 is 0 Å². The van der Waals surface area contributed by atoms with Crippen molar-refractivity contribution in [1.29, 1.82) is 0 Å². The first-order valence-electron chi connectivity index (χ1n) is 4.14. The third-order valence-electron chi connectivity index (χ3n) is 1.69. The summed E-state index contributed by atoms with van der Waals surface area (Å²) < 4.78 is 44.6. The van der Waals surface area contributed by atoms with Gasteiger partial charge in [0.05, 0.1) is 12.8 Å². The molecule has 1 rings (SSSR count). The van der Waals surface area contributed by atoms with E-state index in [0.717, 1.165) is 6.07 Å². The molecule has 0 aliphatic heterocycles. The summed E-state index contributed by atoms with van der Waals surface area (Å²) in [5.41, 5.74) is -0.0948. The molecule has 0 aliphatic carbocycles. The van der Waals surface area contributed by atoms with Gasteiger partial charge >= 0.3 is 6.36 Å². The van der Waals surface area contributed by atoms with Gasteiger partial charge in [-0.3, -0.25) is 4.79 Å². The summed E-state index contributed by atoms with van der Waals surface area (Å²) in [6.45, 7) is 1.29. The Morgan fingerprint density at radius 3 is 2.50 bits per heavy atom. The van der Waals surface area contributed by atoms with E-state index in [2.05, 4.69) is 9.72 Å². The minimum atomic E-state index is -4.83. The Kier molecular flexibility index (Phi) is 3.36. The smallest absolute Gasteiger partial charge is 0.493 e. The highest BCUT2D eigenvalue weighted by Crippen LogP contribution is 2.34. The molecular formula is C9H8F3NO3. The second kappa shape index (κ2) is 4.38. The number of nitrogens with zero attached hydrogens (tertiary/aromatic N) is 1. The van der Waals surface area contributed by atoms with E-state index in [0.29, 0.717) is 6.29 Å². The van der Waals surface area contributed by atoms with Gasteiger partial charge in [0.2, 0.25) is 0 Å². The van der Waals surface area contributed by atoms with E-state index in [1.54, 1.807) is 0 Å². The van der Waals surface area contributed by atoms with Crippen LogP contribution in [0.4, 0.5) is 13.2 Å². The van der Waals surface area contributed by atoms with Crippen molar-refractivity contribution in [3.63, 3.8) is 0 Å². The van der Waals surface area contributed by atoms with Gasteiger partial charge in [0, 0.05) is 6.07 Å². The molecule has 0 saturated carbocycles. The number of hydrogen-bond acceptors (Lipinski definition) is 4. The maximum atomic E-state index is 12.0. The first kappa shape index (κ1) is 12.3. The fraction of sp³-hybridized carbons (Fsp3) is 0.333. The fourth-order valence-corrected chi connectivity index (χ4v) is 1.11. The first-order chi connectivity index (χ1) is 7.37. The topological polar surface area (TPSA) is 48.4 Å². The van der Waals surface area contributed by atoms with Gasteiger partial charge in [-0.1, -0.05) is 0 Å². The Bertz CT molecular complexity index is 404. The third kappa shape index (κ3) is 2.85. The number of hydrogen-bond donors (Lipinski definition) is 0. The number of aldehydes is 1. The van der Waals surface area contributed by atoms with Crippen molar-refractivity contribution in [3.05, 3.63) is 17.5 Å². The van der Waals surface area contributed by atoms with E-state index in [9.17, 15) is 18.0 Å². The Balaban J connectivity index is 3.21. The van der Waals surface area contributed by atoms with Gasteiger partial charge in [-0.05, 0) is 6.92 Å². The standard InChI is InChI=1S/C9H8F3NO3/c1-5-8(16-9(10,11)12)7(15-2)3-6(4-14)13-5/h3-4H,1-2H3. The van der Waals surface area contributed by atoms with Gasteiger partial charge < -0.3 is 9.47 Å². The van der Waals surface area contributed by atoms with Crippen LogP contribution in [-0.4, -0.2) is 24.7 Å². The number of ether oxygens (including phenoxy) is 2. The van der Waals surface area contributed by atoms with Crippen molar-refractivity contribution >= 4 is 6.29 Å². The van der Waals surface area contributed by atoms with E-state index >= 15 is 0 Å². The van der Waals surface area contributed by atoms with Crippen molar-refractivity contribution in [3.8, 4) is 11.5 Å². The van der Waals surface area contributed by atoms with E-state index < -0.39 is 12.1 Å². The minimum absolute atomic E-state index is 0.0242. The molecule has 0 saturated heterocycles. The molecule has 7 heteroatoms. The molecule has 0 spiro atoms. The summed E-state index contributed by atoms with van der Waals surface area (Å²) in [6, 6.07) is 1.07. The van der Waals surface area contributed by atoms with Crippen molar-refractivity contribution in [2.24, 2.45) is 0 Å². The summed E-state index contributed by atoms with van der Waals surface area (Å²) in [6.07, 6.45) is -4.42. The zero-order valence-corrected chi connectivity index (χ0v) is 8.46.